The van der Waals surface area contributed by atoms with Crippen molar-refractivity contribution in [2.45, 2.75) is 72.0 Å². The van der Waals surface area contributed by atoms with Gasteiger partial charge in [0, 0.05) is 27.4 Å². The molecule has 0 aliphatic rings. The highest BCUT2D eigenvalue weighted by Gasteiger charge is 2.29. The van der Waals surface area contributed by atoms with Gasteiger partial charge >= 0.3 is 0 Å². The minimum Gasteiger partial charge on any atom is -0.349 e. The molecule has 0 spiro atoms. The van der Waals surface area contributed by atoms with E-state index in [1.54, 1.807) is 27.9 Å². The van der Waals surface area contributed by atoms with Gasteiger partial charge in [0.1, 0.15) is 18.4 Å². The van der Waals surface area contributed by atoms with Crippen LogP contribution in [0.3, 0.4) is 0 Å². The van der Waals surface area contributed by atoms with Crippen LogP contribution in [0.25, 0.3) is 0 Å². The van der Waals surface area contributed by atoms with E-state index in [1.807, 2.05) is 13.8 Å². The summed E-state index contributed by atoms with van der Waals surface area (Å²) in [7, 11) is 3.23. The smallest absolute Gasteiger partial charge is 0.243 e. The number of hydrogen-bond acceptors (Lipinski definition) is 5. The largest absolute Gasteiger partial charge is 0.349 e. The summed E-state index contributed by atoms with van der Waals surface area (Å²) in [6.45, 7) is 8.73. The Kier molecular flexibility index (Phi) is 11.8. The van der Waals surface area contributed by atoms with Crippen LogP contribution in [0.1, 0.15) is 53.9 Å². The predicted octanol–water partition coefficient (Wildman–Crippen LogP) is 0.230. The fourth-order valence-corrected chi connectivity index (χ4v) is 2.68. The first-order valence-corrected chi connectivity index (χ1v) is 9.92. The number of amides is 4. The molecule has 0 rings (SSSR count). The Bertz CT molecular complexity index is 589. The number of carbonyl (C=O) groups excluding carboxylic acids is 5. The minimum atomic E-state index is -0.857. The lowest BCUT2D eigenvalue weighted by Crippen LogP contribution is -2.56. The number of nitrogens with one attached hydrogen (secondary N) is 3. The summed E-state index contributed by atoms with van der Waals surface area (Å²) in [5.41, 5.74) is 0. The first-order chi connectivity index (χ1) is 13.4. The highest BCUT2D eigenvalue weighted by molar-refractivity contribution is 5.92. The van der Waals surface area contributed by atoms with Crippen LogP contribution < -0.4 is 16.0 Å². The Morgan fingerprint density at radius 2 is 1.52 bits per heavy atom. The highest BCUT2D eigenvalue weighted by Crippen LogP contribution is 2.09. The monoisotopic (exact) mass is 412 g/mol. The van der Waals surface area contributed by atoms with Crippen LogP contribution in [0.4, 0.5) is 0 Å². The number of aldehydes is 1. The summed E-state index contributed by atoms with van der Waals surface area (Å²) in [4.78, 5) is 61.2. The molecule has 3 atom stereocenters. The molecule has 166 valence electrons. The van der Waals surface area contributed by atoms with Gasteiger partial charge in [0.25, 0.3) is 0 Å². The third kappa shape index (κ3) is 10.6. The molecular weight excluding hydrogens is 376 g/mol. The van der Waals surface area contributed by atoms with Gasteiger partial charge in [-0.15, -0.1) is 0 Å². The average molecular weight is 413 g/mol. The minimum absolute atomic E-state index is 0.106. The molecule has 0 aliphatic carbocycles. The first-order valence-electron chi connectivity index (χ1n) is 9.92. The Labute approximate surface area is 173 Å². The van der Waals surface area contributed by atoms with Gasteiger partial charge < -0.3 is 25.6 Å². The van der Waals surface area contributed by atoms with E-state index in [1.165, 1.54) is 11.8 Å². The molecule has 0 bridgehead atoms. The van der Waals surface area contributed by atoms with E-state index in [2.05, 4.69) is 16.0 Å². The van der Waals surface area contributed by atoms with Crippen LogP contribution in [0.5, 0.6) is 0 Å². The molecule has 0 saturated heterocycles. The van der Waals surface area contributed by atoms with Gasteiger partial charge in [0.2, 0.25) is 23.6 Å². The molecule has 9 heteroatoms. The second-order valence-electron chi connectivity index (χ2n) is 8.19. The van der Waals surface area contributed by atoms with Crippen molar-refractivity contribution in [1.29, 1.82) is 0 Å². The van der Waals surface area contributed by atoms with E-state index in [-0.39, 0.29) is 36.5 Å². The fraction of sp³-hybridized carbons (Fsp3) is 0.750. The SMILES string of the molecule is CC(=O)N[C@H](C(=O)N[C@@H](CC(C)C)C(=O)N[C@H](C=O)CCC(=O)N(C)C)C(C)C. The highest BCUT2D eigenvalue weighted by atomic mass is 16.2. The summed E-state index contributed by atoms with van der Waals surface area (Å²) < 4.78 is 0. The Balaban J connectivity index is 5.16. The van der Waals surface area contributed by atoms with Crippen molar-refractivity contribution in [2.24, 2.45) is 11.8 Å². The molecule has 29 heavy (non-hydrogen) atoms. The second kappa shape index (κ2) is 12.9. The normalized spacial score (nSPS) is 14.0. The Morgan fingerprint density at radius 3 is 1.93 bits per heavy atom. The lowest BCUT2D eigenvalue weighted by molar-refractivity contribution is -0.133. The molecule has 3 N–H and O–H groups in total. The molecule has 9 nitrogen and oxygen atoms in total. The molecule has 0 fully saturated rings. The standard InChI is InChI=1S/C20H36N4O5/c1-12(2)10-16(23-20(29)18(13(3)4)21-14(5)26)19(28)22-15(11-25)8-9-17(27)24(6)7/h11-13,15-16,18H,8-10H2,1-7H3,(H,21,26)(H,22,28)(H,23,29)/t15-,16-,18-/m0/s1. The van der Waals surface area contributed by atoms with Gasteiger partial charge in [-0.05, 0) is 24.7 Å². The van der Waals surface area contributed by atoms with Gasteiger partial charge in [-0.25, -0.2) is 0 Å². The van der Waals surface area contributed by atoms with Gasteiger partial charge in [-0.3, -0.25) is 19.2 Å². The van der Waals surface area contributed by atoms with E-state index in [9.17, 15) is 24.0 Å². The first kappa shape index (κ1) is 26.6. The molecule has 0 saturated carbocycles. The van der Waals surface area contributed by atoms with Crippen LogP contribution >= 0.6 is 0 Å². The van der Waals surface area contributed by atoms with Crippen molar-refractivity contribution in [3.63, 3.8) is 0 Å². The van der Waals surface area contributed by atoms with Crippen molar-refractivity contribution >= 4 is 29.9 Å². The summed E-state index contributed by atoms with van der Waals surface area (Å²) in [5, 5.41) is 7.88. The van der Waals surface area contributed by atoms with E-state index < -0.39 is 29.9 Å². The third-order valence-electron chi connectivity index (χ3n) is 4.31. The van der Waals surface area contributed by atoms with Crippen molar-refractivity contribution in [3.05, 3.63) is 0 Å². The number of rotatable bonds is 12. The summed E-state index contributed by atoms with van der Waals surface area (Å²) in [5.74, 6) is -1.49. The maximum Gasteiger partial charge on any atom is 0.243 e. The summed E-state index contributed by atoms with van der Waals surface area (Å²) in [6.07, 6.45) is 1.25. The molecule has 0 aromatic rings. The van der Waals surface area contributed by atoms with Gasteiger partial charge in [-0.2, -0.15) is 0 Å². The van der Waals surface area contributed by atoms with E-state index in [0.717, 1.165) is 0 Å². The topological polar surface area (TPSA) is 125 Å². The predicted molar refractivity (Wildman–Crippen MR) is 110 cm³/mol. The van der Waals surface area contributed by atoms with E-state index in [4.69, 9.17) is 0 Å². The molecule has 0 aliphatic heterocycles. The molecule has 0 radical (unpaired) electrons. The molecule has 4 amide bonds. The quantitative estimate of drug-likeness (QED) is 0.396. The third-order valence-corrected chi connectivity index (χ3v) is 4.31. The molecule has 0 heterocycles. The van der Waals surface area contributed by atoms with Crippen LogP contribution in [0.2, 0.25) is 0 Å². The van der Waals surface area contributed by atoms with Crippen LogP contribution in [-0.4, -0.2) is 67.0 Å². The van der Waals surface area contributed by atoms with Gasteiger partial charge in [0.15, 0.2) is 0 Å². The average Bonchev–Trinajstić information content (AvgIpc) is 2.60. The Hall–Kier alpha value is -2.45. The van der Waals surface area contributed by atoms with E-state index >= 15 is 0 Å². The number of carbonyl (C=O) groups is 5. The molecule has 0 aromatic carbocycles. The van der Waals surface area contributed by atoms with Crippen molar-refractivity contribution < 1.29 is 24.0 Å². The van der Waals surface area contributed by atoms with Crippen LogP contribution in [0, 0.1) is 11.8 Å². The summed E-state index contributed by atoms with van der Waals surface area (Å²) in [6, 6.07) is -2.45. The van der Waals surface area contributed by atoms with Crippen LogP contribution in [0.15, 0.2) is 0 Å². The summed E-state index contributed by atoms with van der Waals surface area (Å²) >= 11 is 0. The maximum absolute atomic E-state index is 12.7. The van der Waals surface area contributed by atoms with Gasteiger partial charge in [0.05, 0.1) is 6.04 Å². The zero-order valence-corrected chi connectivity index (χ0v) is 18.6. The zero-order chi connectivity index (χ0) is 22.7. The maximum atomic E-state index is 12.7. The molecule has 0 unspecified atom stereocenters. The zero-order valence-electron chi connectivity index (χ0n) is 18.6. The van der Waals surface area contributed by atoms with Crippen LogP contribution in [-0.2, 0) is 24.0 Å². The fourth-order valence-electron chi connectivity index (χ4n) is 2.68. The van der Waals surface area contributed by atoms with E-state index in [0.29, 0.717) is 12.7 Å². The lowest BCUT2D eigenvalue weighted by atomic mass is 9.99. The van der Waals surface area contributed by atoms with Crippen molar-refractivity contribution in [3.8, 4) is 0 Å². The van der Waals surface area contributed by atoms with Gasteiger partial charge in [-0.1, -0.05) is 27.7 Å². The van der Waals surface area contributed by atoms with Crippen molar-refractivity contribution in [1.82, 2.24) is 20.9 Å². The van der Waals surface area contributed by atoms with Crippen molar-refractivity contribution in [2.75, 3.05) is 14.1 Å². The molecular formula is C20H36N4O5. The Morgan fingerprint density at radius 1 is 0.931 bits per heavy atom. The molecule has 0 aromatic heterocycles. The number of nitrogens with zero attached hydrogens (tertiary/aromatic N) is 1. The number of hydrogen-bond donors (Lipinski definition) is 3. The lowest BCUT2D eigenvalue weighted by Gasteiger charge is -2.26. The second-order valence-corrected chi connectivity index (χ2v) is 8.19.